The highest BCUT2D eigenvalue weighted by Crippen LogP contribution is 2.33. The van der Waals surface area contributed by atoms with E-state index in [1.165, 1.54) is 18.4 Å². The Kier molecular flexibility index (Phi) is 4.89. The van der Waals surface area contributed by atoms with Gasteiger partial charge in [-0.15, -0.1) is 11.8 Å². The zero-order valence-corrected chi connectivity index (χ0v) is 11.2. The van der Waals surface area contributed by atoms with Crippen molar-refractivity contribution < 1.29 is 4.74 Å². The lowest BCUT2D eigenvalue weighted by Gasteiger charge is -2.22. The van der Waals surface area contributed by atoms with Gasteiger partial charge in [0.1, 0.15) is 0 Å². The summed E-state index contributed by atoms with van der Waals surface area (Å²) in [5, 5.41) is 0.375. The Morgan fingerprint density at radius 2 is 2.18 bits per heavy atom. The molecular weight excluding hydrogens is 230 g/mol. The van der Waals surface area contributed by atoms with E-state index >= 15 is 0 Å². The molecule has 0 bridgehead atoms. The van der Waals surface area contributed by atoms with Crippen molar-refractivity contribution in [1.29, 1.82) is 0 Å². The number of benzene rings is 1. The van der Waals surface area contributed by atoms with E-state index in [1.807, 2.05) is 17.8 Å². The average Bonchev–Trinajstić information content (AvgIpc) is 2.83. The maximum absolute atomic E-state index is 6.09. The summed E-state index contributed by atoms with van der Waals surface area (Å²) in [5.41, 5.74) is 7.42. The van der Waals surface area contributed by atoms with E-state index in [-0.39, 0.29) is 6.04 Å². The van der Waals surface area contributed by atoms with Crippen molar-refractivity contribution in [2.75, 3.05) is 12.4 Å². The molecule has 1 heterocycles. The Bertz CT molecular complexity index is 322. The van der Waals surface area contributed by atoms with Gasteiger partial charge in [0.2, 0.25) is 0 Å². The van der Waals surface area contributed by atoms with Crippen LogP contribution in [0.5, 0.6) is 0 Å². The summed E-state index contributed by atoms with van der Waals surface area (Å²) in [6, 6.07) is 10.7. The van der Waals surface area contributed by atoms with Crippen molar-refractivity contribution in [3.8, 4) is 0 Å². The molecule has 0 saturated carbocycles. The maximum Gasteiger partial charge on any atom is 0.0666 e. The van der Waals surface area contributed by atoms with Crippen LogP contribution in [0.25, 0.3) is 0 Å². The Hall–Kier alpha value is -0.510. The van der Waals surface area contributed by atoms with Gasteiger partial charge in [-0.3, -0.25) is 0 Å². The third kappa shape index (κ3) is 3.73. The van der Waals surface area contributed by atoms with Crippen molar-refractivity contribution in [3.05, 3.63) is 35.9 Å². The molecule has 0 amide bonds. The SMILES string of the molecule is CC(N)C(SCC1CCCO1)c1ccccc1. The highest BCUT2D eigenvalue weighted by atomic mass is 32.2. The molecule has 3 unspecified atom stereocenters. The minimum absolute atomic E-state index is 0.170. The Morgan fingerprint density at radius 3 is 2.76 bits per heavy atom. The van der Waals surface area contributed by atoms with Crippen molar-refractivity contribution in [1.82, 2.24) is 0 Å². The van der Waals surface area contributed by atoms with E-state index in [4.69, 9.17) is 10.5 Å². The van der Waals surface area contributed by atoms with E-state index in [1.54, 1.807) is 0 Å². The van der Waals surface area contributed by atoms with Crippen LogP contribution in [0.4, 0.5) is 0 Å². The van der Waals surface area contributed by atoms with Gasteiger partial charge in [0.05, 0.1) is 6.10 Å². The standard InChI is InChI=1S/C14H21NOS/c1-11(15)14(12-6-3-2-4-7-12)17-10-13-8-5-9-16-13/h2-4,6-7,11,13-14H,5,8-10,15H2,1H3. The summed E-state index contributed by atoms with van der Waals surface area (Å²) in [4.78, 5) is 0. The van der Waals surface area contributed by atoms with E-state index in [0.717, 1.165) is 12.4 Å². The monoisotopic (exact) mass is 251 g/mol. The fourth-order valence-electron chi connectivity index (χ4n) is 2.18. The molecule has 17 heavy (non-hydrogen) atoms. The summed E-state index contributed by atoms with van der Waals surface area (Å²) in [7, 11) is 0. The van der Waals surface area contributed by atoms with Crippen molar-refractivity contribution >= 4 is 11.8 Å². The topological polar surface area (TPSA) is 35.2 Å². The van der Waals surface area contributed by atoms with E-state index < -0.39 is 0 Å². The molecule has 0 spiro atoms. The van der Waals surface area contributed by atoms with Crippen LogP contribution in [0, 0.1) is 0 Å². The molecule has 3 atom stereocenters. The summed E-state index contributed by atoms with van der Waals surface area (Å²) < 4.78 is 5.66. The minimum Gasteiger partial charge on any atom is -0.377 e. The van der Waals surface area contributed by atoms with Crippen LogP contribution in [-0.4, -0.2) is 24.5 Å². The molecule has 1 aromatic rings. The second-order valence-corrected chi connectivity index (χ2v) is 5.83. The molecule has 3 heteroatoms. The Balaban J connectivity index is 1.93. The van der Waals surface area contributed by atoms with Gasteiger partial charge in [0.15, 0.2) is 0 Å². The van der Waals surface area contributed by atoms with Crippen molar-refractivity contribution in [2.24, 2.45) is 5.73 Å². The second-order valence-electron chi connectivity index (χ2n) is 4.66. The quantitative estimate of drug-likeness (QED) is 0.874. The zero-order valence-electron chi connectivity index (χ0n) is 10.3. The van der Waals surface area contributed by atoms with Gasteiger partial charge >= 0.3 is 0 Å². The highest BCUT2D eigenvalue weighted by Gasteiger charge is 2.21. The third-order valence-corrected chi connectivity index (χ3v) is 4.72. The normalized spacial score (nSPS) is 23.5. The second kappa shape index (κ2) is 6.43. The van der Waals surface area contributed by atoms with Crippen LogP contribution in [0.15, 0.2) is 30.3 Å². The van der Waals surface area contributed by atoms with E-state index in [2.05, 4.69) is 31.2 Å². The average molecular weight is 251 g/mol. The van der Waals surface area contributed by atoms with Gasteiger partial charge in [0.25, 0.3) is 0 Å². The minimum atomic E-state index is 0.170. The number of hydrogen-bond acceptors (Lipinski definition) is 3. The predicted octanol–water partition coefficient (Wildman–Crippen LogP) is 2.99. The van der Waals surface area contributed by atoms with Gasteiger partial charge in [0, 0.05) is 23.7 Å². The third-order valence-electron chi connectivity index (χ3n) is 3.09. The van der Waals surface area contributed by atoms with Gasteiger partial charge in [-0.1, -0.05) is 30.3 Å². The molecule has 94 valence electrons. The molecule has 0 radical (unpaired) electrons. The molecule has 2 N–H and O–H groups in total. The fraction of sp³-hybridized carbons (Fsp3) is 0.571. The smallest absolute Gasteiger partial charge is 0.0666 e. The number of rotatable bonds is 5. The Morgan fingerprint density at radius 1 is 1.41 bits per heavy atom. The van der Waals surface area contributed by atoms with Crippen LogP contribution in [-0.2, 0) is 4.74 Å². The summed E-state index contributed by atoms with van der Waals surface area (Å²) in [6.45, 7) is 3.01. The van der Waals surface area contributed by atoms with Crippen molar-refractivity contribution in [2.45, 2.75) is 37.2 Å². The van der Waals surface area contributed by atoms with Crippen LogP contribution >= 0.6 is 11.8 Å². The molecule has 1 aromatic carbocycles. The van der Waals surface area contributed by atoms with Crippen LogP contribution in [0.2, 0.25) is 0 Å². The van der Waals surface area contributed by atoms with Crippen molar-refractivity contribution in [3.63, 3.8) is 0 Å². The summed E-state index contributed by atoms with van der Waals surface area (Å²) >= 11 is 1.93. The largest absolute Gasteiger partial charge is 0.377 e. The lowest BCUT2D eigenvalue weighted by Crippen LogP contribution is -2.24. The number of ether oxygens (including phenoxy) is 1. The van der Waals surface area contributed by atoms with Crippen LogP contribution in [0.3, 0.4) is 0 Å². The predicted molar refractivity (Wildman–Crippen MR) is 74.3 cm³/mol. The molecule has 2 rings (SSSR count). The fourth-order valence-corrected chi connectivity index (χ4v) is 3.52. The summed E-state index contributed by atoms with van der Waals surface area (Å²) in [6.07, 6.45) is 2.84. The first-order valence-electron chi connectivity index (χ1n) is 6.31. The van der Waals surface area contributed by atoms with E-state index in [9.17, 15) is 0 Å². The molecule has 1 fully saturated rings. The first-order valence-corrected chi connectivity index (χ1v) is 7.36. The Labute approximate surface area is 108 Å². The highest BCUT2D eigenvalue weighted by molar-refractivity contribution is 7.99. The van der Waals surface area contributed by atoms with Crippen LogP contribution < -0.4 is 5.73 Å². The van der Waals surface area contributed by atoms with Gasteiger partial charge in [-0.25, -0.2) is 0 Å². The molecule has 1 aliphatic heterocycles. The molecular formula is C14H21NOS. The molecule has 2 nitrogen and oxygen atoms in total. The van der Waals surface area contributed by atoms with E-state index in [0.29, 0.717) is 11.4 Å². The van der Waals surface area contributed by atoms with Gasteiger partial charge in [-0.2, -0.15) is 0 Å². The number of hydrogen-bond donors (Lipinski definition) is 1. The summed E-state index contributed by atoms with van der Waals surface area (Å²) in [5.74, 6) is 1.06. The first kappa shape index (κ1) is 12.9. The van der Waals surface area contributed by atoms with Crippen LogP contribution in [0.1, 0.15) is 30.6 Å². The van der Waals surface area contributed by atoms with Gasteiger partial charge in [-0.05, 0) is 25.3 Å². The number of nitrogens with two attached hydrogens (primary N) is 1. The molecule has 0 aromatic heterocycles. The maximum atomic E-state index is 6.09. The molecule has 1 saturated heterocycles. The van der Waals surface area contributed by atoms with Gasteiger partial charge < -0.3 is 10.5 Å². The lowest BCUT2D eigenvalue weighted by atomic mass is 10.1. The zero-order chi connectivity index (χ0) is 12.1. The first-order chi connectivity index (χ1) is 8.27. The lowest BCUT2D eigenvalue weighted by molar-refractivity contribution is 0.128. The molecule has 0 aliphatic carbocycles. The number of thioether (sulfide) groups is 1. The molecule has 1 aliphatic rings.